The molecule has 0 saturated carbocycles. The molecule has 0 aliphatic heterocycles. The molecule has 0 aliphatic carbocycles. The fourth-order valence-corrected chi connectivity index (χ4v) is 3.66. The van der Waals surface area contributed by atoms with E-state index in [1.165, 1.54) is 7.11 Å². The molecule has 0 atom stereocenters. The van der Waals surface area contributed by atoms with Gasteiger partial charge in [-0.05, 0) is 64.5 Å². The Labute approximate surface area is 209 Å². The predicted octanol–water partition coefficient (Wildman–Crippen LogP) is 6.05. The zero-order chi connectivity index (χ0) is 24.1. The van der Waals surface area contributed by atoms with Crippen molar-refractivity contribution in [3.63, 3.8) is 0 Å². The van der Waals surface area contributed by atoms with E-state index in [1.54, 1.807) is 68.0 Å². The Morgan fingerprint density at radius 1 is 1.03 bits per heavy atom. The van der Waals surface area contributed by atoms with Gasteiger partial charge in [-0.25, -0.2) is 15.0 Å². The molecule has 0 radical (unpaired) electrons. The highest BCUT2D eigenvalue weighted by molar-refractivity contribution is 9.10. The average Bonchev–Trinajstić information content (AvgIpc) is 2.86. The van der Waals surface area contributed by atoms with Crippen LogP contribution in [-0.2, 0) is 0 Å². The van der Waals surface area contributed by atoms with E-state index in [2.05, 4.69) is 41.5 Å². The van der Waals surface area contributed by atoms with Gasteiger partial charge in [0.15, 0.2) is 0 Å². The maximum atomic E-state index is 12.9. The summed E-state index contributed by atoms with van der Waals surface area (Å²) in [7, 11) is 3.28. The summed E-state index contributed by atoms with van der Waals surface area (Å²) < 4.78 is 11.9. The number of hydrogen-bond donors (Lipinski definition) is 2. The van der Waals surface area contributed by atoms with Crippen LogP contribution in [0.2, 0.25) is 5.02 Å². The lowest BCUT2D eigenvalue weighted by atomic mass is 10.2. The molecule has 4 aromatic rings. The fourth-order valence-electron chi connectivity index (χ4n) is 3.07. The third-order valence-corrected chi connectivity index (χ3v) is 5.77. The van der Waals surface area contributed by atoms with Gasteiger partial charge in [-0.2, -0.15) is 0 Å². The number of halogens is 2. The van der Waals surface area contributed by atoms with E-state index in [1.807, 2.05) is 6.07 Å². The number of benzene rings is 2. The first kappa shape index (κ1) is 23.5. The van der Waals surface area contributed by atoms with E-state index in [-0.39, 0.29) is 5.91 Å². The lowest BCUT2D eigenvalue weighted by Gasteiger charge is -2.13. The molecule has 10 heteroatoms. The number of hydrogen-bond acceptors (Lipinski definition) is 7. The minimum Gasteiger partial charge on any atom is -0.497 e. The molecule has 2 aromatic carbocycles. The van der Waals surface area contributed by atoms with Crippen LogP contribution in [0.3, 0.4) is 0 Å². The molecule has 2 aromatic heterocycles. The summed E-state index contributed by atoms with van der Waals surface area (Å²) in [6.07, 6.45) is 3.27. The molecule has 0 fully saturated rings. The van der Waals surface area contributed by atoms with E-state index in [9.17, 15) is 4.79 Å². The Hall–Kier alpha value is -3.69. The molecule has 1 amide bonds. The number of amides is 1. The van der Waals surface area contributed by atoms with E-state index < -0.39 is 0 Å². The molecule has 0 spiro atoms. The van der Waals surface area contributed by atoms with E-state index >= 15 is 0 Å². The van der Waals surface area contributed by atoms with Crippen LogP contribution in [0.15, 0.2) is 71.5 Å². The Kier molecular flexibility index (Phi) is 7.24. The second-order valence-corrected chi connectivity index (χ2v) is 8.18. The first-order valence-corrected chi connectivity index (χ1v) is 11.2. The maximum absolute atomic E-state index is 12.9. The largest absolute Gasteiger partial charge is 0.497 e. The number of aromatic nitrogens is 3. The molecule has 2 N–H and O–H groups in total. The van der Waals surface area contributed by atoms with Gasteiger partial charge in [-0.1, -0.05) is 11.6 Å². The SMILES string of the molecule is CNc1nccc(-c2cccnc2Oc2ccc(Cl)c(NC(=O)c3cc(OC)ccc3Br)c2)n1. The number of anilines is 2. The Balaban J connectivity index is 1.61. The highest BCUT2D eigenvalue weighted by atomic mass is 79.9. The van der Waals surface area contributed by atoms with Crippen molar-refractivity contribution < 1.29 is 14.3 Å². The summed E-state index contributed by atoms with van der Waals surface area (Å²) in [5, 5.41) is 6.09. The van der Waals surface area contributed by atoms with E-state index in [0.717, 1.165) is 0 Å². The van der Waals surface area contributed by atoms with Gasteiger partial charge in [0.05, 0.1) is 34.6 Å². The number of carbonyl (C=O) groups is 1. The number of carbonyl (C=O) groups excluding carboxylic acids is 1. The number of pyridine rings is 1. The fraction of sp³-hybridized carbons (Fsp3) is 0.0833. The van der Waals surface area contributed by atoms with Crippen LogP contribution in [0.25, 0.3) is 11.3 Å². The number of rotatable bonds is 7. The molecule has 4 rings (SSSR count). The number of ether oxygens (including phenoxy) is 2. The molecule has 0 bridgehead atoms. The van der Waals surface area contributed by atoms with Crippen LogP contribution in [0.1, 0.15) is 10.4 Å². The van der Waals surface area contributed by atoms with E-state index in [0.29, 0.717) is 55.3 Å². The maximum Gasteiger partial charge on any atom is 0.256 e. The van der Waals surface area contributed by atoms with Crippen molar-refractivity contribution >= 4 is 45.1 Å². The molecular weight excluding hydrogens is 522 g/mol. The van der Waals surface area contributed by atoms with Gasteiger partial charge < -0.3 is 20.1 Å². The van der Waals surface area contributed by atoms with Crippen LogP contribution in [0, 0.1) is 0 Å². The van der Waals surface area contributed by atoms with Gasteiger partial charge in [0.25, 0.3) is 5.91 Å². The third-order valence-electron chi connectivity index (χ3n) is 4.74. The molecule has 0 unspecified atom stereocenters. The highest BCUT2D eigenvalue weighted by Crippen LogP contribution is 2.34. The number of methoxy groups -OCH3 is 1. The number of nitrogens with one attached hydrogen (secondary N) is 2. The van der Waals surface area contributed by atoms with Crippen molar-refractivity contribution in [3.05, 3.63) is 82.0 Å². The molecular formula is C24H19BrClN5O3. The smallest absolute Gasteiger partial charge is 0.256 e. The first-order chi connectivity index (χ1) is 16.5. The van der Waals surface area contributed by atoms with E-state index in [4.69, 9.17) is 21.1 Å². The highest BCUT2D eigenvalue weighted by Gasteiger charge is 2.16. The quantitative estimate of drug-likeness (QED) is 0.294. The monoisotopic (exact) mass is 539 g/mol. The summed E-state index contributed by atoms with van der Waals surface area (Å²) in [5.41, 5.74) is 2.11. The summed E-state index contributed by atoms with van der Waals surface area (Å²) in [6, 6.07) is 15.5. The van der Waals surface area contributed by atoms with Crippen LogP contribution in [0.4, 0.5) is 11.6 Å². The lowest BCUT2D eigenvalue weighted by Crippen LogP contribution is -2.13. The molecule has 2 heterocycles. The molecule has 172 valence electrons. The second-order valence-electron chi connectivity index (χ2n) is 6.92. The first-order valence-electron chi connectivity index (χ1n) is 10.1. The van der Waals surface area contributed by atoms with Gasteiger partial charge in [0.2, 0.25) is 11.8 Å². The minimum atomic E-state index is -0.357. The van der Waals surface area contributed by atoms with Crippen molar-refractivity contribution in [2.75, 3.05) is 24.8 Å². The van der Waals surface area contributed by atoms with Crippen molar-refractivity contribution in [2.45, 2.75) is 0 Å². The molecule has 0 saturated heterocycles. The van der Waals surface area contributed by atoms with Gasteiger partial charge in [0.1, 0.15) is 11.5 Å². The van der Waals surface area contributed by atoms with Crippen LogP contribution < -0.4 is 20.1 Å². The normalized spacial score (nSPS) is 10.5. The topological polar surface area (TPSA) is 98.3 Å². The Morgan fingerprint density at radius 3 is 2.65 bits per heavy atom. The summed E-state index contributed by atoms with van der Waals surface area (Å²) in [5.74, 6) is 1.47. The molecule has 8 nitrogen and oxygen atoms in total. The Bertz CT molecular complexity index is 1350. The van der Waals surface area contributed by atoms with Crippen LogP contribution in [-0.4, -0.2) is 35.0 Å². The van der Waals surface area contributed by atoms with Crippen LogP contribution >= 0.6 is 27.5 Å². The predicted molar refractivity (Wildman–Crippen MR) is 135 cm³/mol. The van der Waals surface area contributed by atoms with Crippen molar-refractivity contribution in [3.8, 4) is 28.6 Å². The average molecular weight is 541 g/mol. The molecule has 34 heavy (non-hydrogen) atoms. The lowest BCUT2D eigenvalue weighted by molar-refractivity contribution is 0.102. The van der Waals surface area contributed by atoms with Crippen molar-refractivity contribution in [1.29, 1.82) is 0 Å². The summed E-state index contributed by atoms with van der Waals surface area (Å²) in [4.78, 5) is 25.8. The standard InChI is InChI=1S/C24H19BrClN5O3/c1-27-24-29-11-9-20(31-24)16-4-3-10-28-23(16)34-15-6-8-19(26)21(13-15)30-22(32)17-12-14(33-2)5-7-18(17)25/h3-13H,1-2H3,(H,30,32)(H,27,29,31). The minimum absolute atomic E-state index is 0.346. The van der Waals surface area contributed by atoms with Gasteiger partial charge in [0, 0.05) is 30.0 Å². The van der Waals surface area contributed by atoms with Crippen molar-refractivity contribution in [2.24, 2.45) is 0 Å². The van der Waals surface area contributed by atoms with Gasteiger partial charge in [-0.15, -0.1) is 0 Å². The van der Waals surface area contributed by atoms with Gasteiger partial charge >= 0.3 is 0 Å². The zero-order valence-corrected chi connectivity index (χ0v) is 20.5. The van der Waals surface area contributed by atoms with Crippen LogP contribution in [0.5, 0.6) is 17.4 Å². The zero-order valence-electron chi connectivity index (χ0n) is 18.2. The molecule has 0 aliphatic rings. The number of nitrogens with zero attached hydrogens (tertiary/aromatic N) is 3. The van der Waals surface area contributed by atoms with Crippen molar-refractivity contribution in [1.82, 2.24) is 15.0 Å². The summed E-state index contributed by atoms with van der Waals surface area (Å²) in [6.45, 7) is 0. The second kappa shape index (κ2) is 10.5. The Morgan fingerprint density at radius 2 is 1.85 bits per heavy atom. The van der Waals surface area contributed by atoms with Gasteiger partial charge in [-0.3, -0.25) is 4.79 Å². The third kappa shape index (κ3) is 5.27. The summed E-state index contributed by atoms with van der Waals surface area (Å²) >= 11 is 9.74.